The molecule has 0 aromatic heterocycles. The molecule has 2 unspecified atom stereocenters. The third-order valence-electron chi connectivity index (χ3n) is 4.24. The van der Waals surface area contributed by atoms with E-state index in [-0.39, 0.29) is 11.4 Å². The molecule has 0 bridgehead atoms. The third kappa shape index (κ3) is 3.18. The van der Waals surface area contributed by atoms with Gasteiger partial charge in [-0.2, -0.15) is 0 Å². The van der Waals surface area contributed by atoms with Crippen LogP contribution in [0.5, 0.6) is 0 Å². The quantitative estimate of drug-likeness (QED) is 0.912. The molecule has 1 fully saturated rings. The van der Waals surface area contributed by atoms with E-state index >= 15 is 0 Å². The second kappa shape index (κ2) is 5.90. The van der Waals surface area contributed by atoms with E-state index in [0.29, 0.717) is 10.5 Å². The number of piperazine rings is 1. The Labute approximate surface area is 123 Å². The summed E-state index contributed by atoms with van der Waals surface area (Å²) in [6.45, 7) is 9.45. The van der Waals surface area contributed by atoms with Gasteiger partial charge in [0.15, 0.2) is 0 Å². The minimum Gasteiger partial charge on any atom is -0.311 e. The maximum atomic E-state index is 13.6. The number of hydrogen-bond donors (Lipinski definition) is 1. The normalized spacial score (nSPS) is 28.6. The van der Waals surface area contributed by atoms with Gasteiger partial charge in [-0.1, -0.05) is 19.1 Å². The number of halogens is 2. The summed E-state index contributed by atoms with van der Waals surface area (Å²) in [5.74, 6) is -0.182. The van der Waals surface area contributed by atoms with Crippen LogP contribution in [-0.2, 0) is 6.54 Å². The second-order valence-electron chi connectivity index (χ2n) is 5.73. The maximum absolute atomic E-state index is 13.6. The topological polar surface area (TPSA) is 15.3 Å². The Balaban J connectivity index is 2.21. The molecule has 0 radical (unpaired) electrons. The Bertz CT molecular complexity index is 452. The van der Waals surface area contributed by atoms with Crippen LogP contribution in [0.1, 0.15) is 32.8 Å². The van der Waals surface area contributed by atoms with Crippen molar-refractivity contribution in [1.29, 1.82) is 0 Å². The summed E-state index contributed by atoms with van der Waals surface area (Å²) in [6, 6.07) is 5.75. The van der Waals surface area contributed by atoms with Gasteiger partial charge in [0.2, 0.25) is 0 Å². The van der Waals surface area contributed by atoms with Crippen molar-refractivity contribution >= 4 is 15.9 Å². The fourth-order valence-electron chi connectivity index (χ4n) is 2.60. The lowest BCUT2D eigenvalue weighted by Gasteiger charge is -2.47. The van der Waals surface area contributed by atoms with Crippen LogP contribution in [0.3, 0.4) is 0 Å². The molecule has 0 amide bonds. The molecule has 1 N–H and O–H groups in total. The van der Waals surface area contributed by atoms with E-state index in [1.165, 1.54) is 6.07 Å². The molecule has 19 heavy (non-hydrogen) atoms. The summed E-state index contributed by atoms with van der Waals surface area (Å²) >= 11 is 3.36. The van der Waals surface area contributed by atoms with Gasteiger partial charge in [0.05, 0.1) is 4.47 Å². The average molecular weight is 329 g/mol. The highest BCUT2D eigenvalue weighted by Gasteiger charge is 2.35. The van der Waals surface area contributed by atoms with Gasteiger partial charge in [-0.25, -0.2) is 4.39 Å². The van der Waals surface area contributed by atoms with E-state index in [1.54, 1.807) is 6.07 Å². The fraction of sp³-hybridized carbons (Fsp3) is 0.600. The first-order chi connectivity index (χ1) is 8.96. The van der Waals surface area contributed by atoms with Crippen LogP contribution >= 0.6 is 15.9 Å². The largest absolute Gasteiger partial charge is 0.311 e. The molecule has 106 valence electrons. The number of nitrogens with one attached hydrogen (secondary N) is 1. The van der Waals surface area contributed by atoms with Gasteiger partial charge in [-0.15, -0.1) is 0 Å². The fourth-order valence-corrected chi connectivity index (χ4v) is 2.99. The highest BCUT2D eigenvalue weighted by atomic mass is 79.9. The van der Waals surface area contributed by atoms with Crippen LogP contribution in [0.15, 0.2) is 22.7 Å². The monoisotopic (exact) mass is 328 g/mol. The Morgan fingerprint density at radius 3 is 2.95 bits per heavy atom. The van der Waals surface area contributed by atoms with Crippen LogP contribution in [-0.4, -0.2) is 29.6 Å². The molecule has 2 atom stereocenters. The lowest BCUT2D eigenvalue weighted by atomic mass is 9.91. The summed E-state index contributed by atoms with van der Waals surface area (Å²) in [5, 5.41) is 3.54. The summed E-state index contributed by atoms with van der Waals surface area (Å²) < 4.78 is 14.2. The van der Waals surface area contributed by atoms with Gasteiger partial charge in [-0.05, 0) is 47.8 Å². The van der Waals surface area contributed by atoms with Gasteiger partial charge >= 0.3 is 0 Å². The Hall–Kier alpha value is -0.450. The molecule has 1 aliphatic rings. The standard InChI is InChI=1S/C15H22BrFN2/c1-4-15(3)10-18-11(2)8-19(15)9-12-6-5-7-13(17)14(12)16/h5-7,11,18H,4,8-10H2,1-3H3. The predicted molar refractivity (Wildman–Crippen MR) is 80.7 cm³/mol. The molecule has 1 aromatic rings. The molecule has 1 aromatic carbocycles. The van der Waals surface area contributed by atoms with Gasteiger partial charge in [0.1, 0.15) is 5.82 Å². The molecule has 2 rings (SSSR count). The average Bonchev–Trinajstić information content (AvgIpc) is 2.39. The Kier molecular flexibility index (Phi) is 4.64. The SMILES string of the molecule is CCC1(C)CNC(C)CN1Cc1cccc(F)c1Br. The van der Waals surface area contributed by atoms with Crippen molar-refractivity contribution in [3.63, 3.8) is 0 Å². The van der Waals surface area contributed by atoms with Crippen LogP contribution in [0.25, 0.3) is 0 Å². The highest BCUT2D eigenvalue weighted by Crippen LogP contribution is 2.28. The van der Waals surface area contributed by atoms with Crippen LogP contribution in [0, 0.1) is 5.82 Å². The summed E-state index contributed by atoms with van der Waals surface area (Å²) in [7, 11) is 0. The maximum Gasteiger partial charge on any atom is 0.137 e. The molecular weight excluding hydrogens is 307 g/mol. The number of hydrogen-bond acceptors (Lipinski definition) is 2. The van der Waals surface area contributed by atoms with Crippen molar-refractivity contribution in [3.8, 4) is 0 Å². The van der Waals surface area contributed by atoms with Crippen molar-refractivity contribution in [2.24, 2.45) is 0 Å². The lowest BCUT2D eigenvalue weighted by molar-refractivity contribution is 0.0450. The third-order valence-corrected chi connectivity index (χ3v) is 5.13. The number of nitrogens with zero attached hydrogens (tertiary/aromatic N) is 1. The van der Waals surface area contributed by atoms with Crippen molar-refractivity contribution in [2.75, 3.05) is 13.1 Å². The van der Waals surface area contributed by atoms with E-state index in [1.807, 2.05) is 6.07 Å². The molecular formula is C15H22BrFN2. The number of rotatable bonds is 3. The Morgan fingerprint density at radius 2 is 2.26 bits per heavy atom. The minimum atomic E-state index is -0.182. The molecule has 1 aliphatic heterocycles. The summed E-state index contributed by atoms with van der Waals surface area (Å²) in [5.41, 5.74) is 1.16. The van der Waals surface area contributed by atoms with E-state index in [2.05, 4.69) is 46.9 Å². The first-order valence-electron chi connectivity index (χ1n) is 6.87. The minimum absolute atomic E-state index is 0.137. The zero-order valence-corrected chi connectivity index (χ0v) is 13.4. The van der Waals surface area contributed by atoms with Crippen molar-refractivity contribution in [2.45, 2.75) is 45.3 Å². The molecule has 1 saturated heterocycles. The zero-order valence-electron chi connectivity index (χ0n) is 11.8. The summed E-state index contributed by atoms with van der Waals surface area (Å²) in [6.07, 6.45) is 1.08. The van der Waals surface area contributed by atoms with Crippen molar-refractivity contribution in [3.05, 3.63) is 34.1 Å². The molecule has 0 aliphatic carbocycles. The van der Waals surface area contributed by atoms with Crippen LogP contribution in [0.4, 0.5) is 4.39 Å². The van der Waals surface area contributed by atoms with E-state index in [4.69, 9.17) is 0 Å². The van der Waals surface area contributed by atoms with E-state index < -0.39 is 0 Å². The first-order valence-corrected chi connectivity index (χ1v) is 7.67. The Morgan fingerprint density at radius 1 is 1.53 bits per heavy atom. The van der Waals surface area contributed by atoms with Gasteiger partial charge in [0.25, 0.3) is 0 Å². The van der Waals surface area contributed by atoms with Crippen LogP contribution < -0.4 is 5.32 Å². The molecule has 0 saturated carbocycles. The highest BCUT2D eigenvalue weighted by molar-refractivity contribution is 9.10. The number of benzene rings is 1. The van der Waals surface area contributed by atoms with Gasteiger partial charge in [0, 0.05) is 31.2 Å². The molecule has 4 heteroatoms. The predicted octanol–water partition coefficient (Wildman–Crippen LogP) is 3.55. The van der Waals surface area contributed by atoms with Crippen LogP contribution in [0.2, 0.25) is 0 Å². The van der Waals surface area contributed by atoms with Gasteiger partial charge < -0.3 is 5.32 Å². The van der Waals surface area contributed by atoms with E-state index in [9.17, 15) is 4.39 Å². The summed E-state index contributed by atoms with van der Waals surface area (Å²) in [4.78, 5) is 2.47. The molecule has 0 spiro atoms. The van der Waals surface area contributed by atoms with Gasteiger partial charge in [-0.3, -0.25) is 4.90 Å². The molecule has 2 nitrogen and oxygen atoms in total. The van der Waals surface area contributed by atoms with Crippen molar-refractivity contribution in [1.82, 2.24) is 10.2 Å². The smallest absolute Gasteiger partial charge is 0.137 e. The van der Waals surface area contributed by atoms with E-state index in [0.717, 1.165) is 31.6 Å². The lowest BCUT2D eigenvalue weighted by Crippen LogP contribution is -2.61. The zero-order chi connectivity index (χ0) is 14.0. The molecule has 1 heterocycles. The first kappa shape index (κ1) is 14.9. The van der Waals surface area contributed by atoms with Crippen molar-refractivity contribution < 1.29 is 4.39 Å². The second-order valence-corrected chi connectivity index (χ2v) is 6.52.